The number of Topliss-reactive ketones (excluding diaryl/α,β-unsaturated/α-hetero) is 1. The van der Waals surface area contributed by atoms with Crippen LogP contribution in [0.3, 0.4) is 0 Å². The predicted octanol–water partition coefficient (Wildman–Crippen LogP) is 2.05. The Kier molecular flexibility index (Phi) is 3.89. The fraction of sp³-hybridized carbons (Fsp3) is 0.833. The van der Waals surface area contributed by atoms with Crippen molar-refractivity contribution in [2.75, 3.05) is 0 Å². The van der Waals surface area contributed by atoms with Crippen molar-refractivity contribution in [1.82, 2.24) is 5.32 Å². The predicted molar refractivity (Wildman–Crippen MR) is 59.5 cm³/mol. The molecule has 1 aliphatic rings. The van der Waals surface area contributed by atoms with Gasteiger partial charge in [-0.3, -0.25) is 9.59 Å². The fourth-order valence-electron chi connectivity index (χ4n) is 2.23. The van der Waals surface area contributed by atoms with Gasteiger partial charge in [-0.1, -0.05) is 26.7 Å². The summed E-state index contributed by atoms with van der Waals surface area (Å²) in [6.45, 7) is 5.82. The van der Waals surface area contributed by atoms with Crippen LogP contribution in [0.1, 0.15) is 52.9 Å². The fourth-order valence-corrected chi connectivity index (χ4v) is 2.23. The Bertz CT molecular complexity index is 258. The molecule has 1 unspecified atom stereocenters. The number of amides is 1. The smallest absolute Gasteiger partial charge is 0.227 e. The van der Waals surface area contributed by atoms with Gasteiger partial charge >= 0.3 is 0 Å². The molecule has 0 aromatic carbocycles. The second-order valence-corrected chi connectivity index (χ2v) is 5.23. The minimum absolute atomic E-state index is 0.0204. The highest BCUT2D eigenvalue weighted by atomic mass is 16.2. The largest absolute Gasteiger partial charge is 0.352 e. The molecule has 1 atom stereocenters. The van der Waals surface area contributed by atoms with Gasteiger partial charge in [-0.25, -0.2) is 0 Å². The maximum atomic E-state index is 11.5. The lowest BCUT2D eigenvalue weighted by Gasteiger charge is -2.39. The third-order valence-electron chi connectivity index (χ3n) is 3.25. The monoisotopic (exact) mass is 211 g/mol. The standard InChI is InChI=1S/C12H21NO2/c1-9(14)8-11(15)13-10-6-4-5-7-12(10,2)3/h10H,4-8H2,1-3H3,(H,13,15). The summed E-state index contributed by atoms with van der Waals surface area (Å²) in [5.41, 5.74) is 0.171. The molecule has 1 N–H and O–H groups in total. The van der Waals surface area contributed by atoms with Crippen molar-refractivity contribution in [3.05, 3.63) is 0 Å². The molecule has 0 radical (unpaired) electrons. The number of rotatable bonds is 3. The molecule has 1 saturated carbocycles. The first-order valence-corrected chi connectivity index (χ1v) is 5.70. The van der Waals surface area contributed by atoms with Gasteiger partial charge in [0, 0.05) is 6.04 Å². The Morgan fingerprint density at radius 1 is 1.33 bits per heavy atom. The first kappa shape index (κ1) is 12.2. The van der Waals surface area contributed by atoms with Crippen molar-refractivity contribution in [3.63, 3.8) is 0 Å². The molecule has 1 aliphatic carbocycles. The van der Waals surface area contributed by atoms with E-state index in [0.29, 0.717) is 0 Å². The number of ketones is 1. The maximum absolute atomic E-state index is 11.5. The molecule has 0 aliphatic heterocycles. The highest BCUT2D eigenvalue weighted by Gasteiger charge is 2.33. The Morgan fingerprint density at radius 3 is 2.53 bits per heavy atom. The third-order valence-corrected chi connectivity index (χ3v) is 3.25. The molecule has 0 aromatic rings. The van der Waals surface area contributed by atoms with Crippen LogP contribution in [0.25, 0.3) is 0 Å². The molecule has 3 nitrogen and oxygen atoms in total. The molecule has 0 aromatic heterocycles. The van der Waals surface area contributed by atoms with Crippen LogP contribution in [0.15, 0.2) is 0 Å². The first-order valence-electron chi connectivity index (χ1n) is 5.70. The van der Waals surface area contributed by atoms with Crippen LogP contribution in [0, 0.1) is 5.41 Å². The normalized spacial score (nSPS) is 24.6. The SMILES string of the molecule is CC(=O)CC(=O)NC1CCCCC1(C)C. The Hall–Kier alpha value is -0.860. The lowest BCUT2D eigenvalue weighted by Crippen LogP contribution is -2.47. The van der Waals surface area contributed by atoms with Gasteiger partial charge in [0.25, 0.3) is 0 Å². The zero-order valence-electron chi connectivity index (χ0n) is 9.93. The van der Waals surface area contributed by atoms with Crippen LogP contribution in [0.2, 0.25) is 0 Å². The summed E-state index contributed by atoms with van der Waals surface area (Å²) in [6.07, 6.45) is 4.63. The van der Waals surface area contributed by atoms with Gasteiger partial charge in [0.2, 0.25) is 5.91 Å². The van der Waals surface area contributed by atoms with E-state index in [2.05, 4.69) is 19.2 Å². The average Bonchev–Trinajstić information content (AvgIpc) is 2.07. The number of carbonyl (C=O) groups excluding carboxylic acids is 2. The molecular weight excluding hydrogens is 190 g/mol. The summed E-state index contributed by atoms with van der Waals surface area (Å²) in [5.74, 6) is -0.191. The number of nitrogens with one attached hydrogen (secondary N) is 1. The van der Waals surface area contributed by atoms with Crippen LogP contribution < -0.4 is 5.32 Å². The van der Waals surface area contributed by atoms with Gasteiger partial charge in [-0.05, 0) is 25.2 Å². The summed E-state index contributed by atoms with van der Waals surface area (Å²) in [7, 11) is 0. The summed E-state index contributed by atoms with van der Waals surface area (Å²) in [4.78, 5) is 22.3. The van der Waals surface area contributed by atoms with E-state index in [1.807, 2.05) is 0 Å². The van der Waals surface area contributed by atoms with Crippen LogP contribution in [-0.2, 0) is 9.59 Å². The minimum Gasteiger partial charge on any atom is -0.352 e. The van der Waals surface area contributed by atoms with Crippen molar-refractivity contribution in [1.29, 1.82) is 0 Å². The zero-order chi connectivity index (χ0) is 11.5. The molecule has 15 heavy (non-hydrogen) atoms. The Labute approximate surface area is 91.6 Å². The van der Waals surface area contributed by atoms with Crippen LogP contribution in [-0.4, -0.2) is 17.7 Å². The molecule has 0 heterocycles. The molecule has 0 bridgehead atoms. The molecule has 0 spiro atoms. The summed E-state index contributed by atoms with van der Waals surface area (Å²) >= 11 is 0. The molecule has 1 rings (SSSR count). The molecule has 0 saturated heterocycles. The van der Waals surface area contributed by atoms with Gasteiger partial charge < -0.3 is 5.32 Å². The van der Waals surface area contributed by atoms with Crippen LogP contribution in [0.4, 0.5) is 0 Å². The van der Waals surface area contributed by atoms with E-state index in [1.165, 1.54) is 19.8 Å². The van der Waals surface area contributed by atoms with Gasteiger partial charge in [0.05, 0.1) is 6.42 Å². The second kappa shape index (κ2) is 4.77. The molecule has 86 valence electrons. The number of hydrogen-bond acceptors (Lipinski definition) is 2. The van der Waals surface area contributed by atoms with Gasteiger partial charge in [0.1, 0.15) is 5.78 Å². The van der Waals surface area contributed by atoms with E-state index in [1.54, 1.807) is 0 Å². The van der Waals surface area contributed by atoms with Crippen LogP contribution in [0.5, 0.6) is 0 Å². The summed E-state index contributed by atoms with van der Waals surface area (Å²) in [6, 6.07) is 0.234. The zero-order valence-corrected chi connectivity index (χ0v) is 9.93. The van der Waals surface area contributed by atoms with E-state index < -0.39 is 0 Å². The number of carbonyl (C=O) groups is 2. The van der Waals surface area contributed by atoms with E-state index in [4.69, 9.17) is 0 Å². The molecule has 1 amide bonds. The first-order chi connectivity index (χ1) is 6.92. The highest BCUT2D eigenvalue weighted by Crippen LogP contribution is 2.35. The Balaban J connectivity index is 2.49. The number of hydrogen-bond donors (Lipinski definition) is 1. The van der Waals surface area contributed by atoms with E-state index in [0.717, 1.165) is 12.8 Å². The summed E-state index contributed by atoms with van der Waals surface area (Å²) < 4.78 is 0. The average molecular weight is 211 g/mol. The lowest BCUT2D eigenvalue weighted by atomic mass is 9.73. The van der Waals surface area contributed by atoms with Crippen molar-refractivity contribution in [3.8, 4) is 0 Å². The van der Waals surface area contributed by atoms with E-state index >= 15 is 0 Å². The van der Waals surface area contributed by atoms with Gasteiger partial charge in [-0.15, -0.1) is 0 Å². The minimum atomic E-state index is -0.123. The third kappa shape index (κ3) is 3.65. The van der Waals surface area contributed by atoms with Crippen molar-refractivity contribution in [2.45, 2.75) is 58.9 Å². The molecule has 3 heteroatoms. The van der Waals surface area contributed by atoms with E-state index in [-0.39, 0.29) is 29.6 Å². The topological polar surface area (TPSA) is 46.2 Å². The molecular formula is C12H21NO2. The van der Waals surface area contributed by atoms with Gasteiger partial charge in [0.15, 0.2) is 0 Å². The van der Waals surface area contributed by atoms with Crippen LogP contribution >= 0.6 is 0 Å². The van der Waals surface area contributed by atoms with Gasteiger partial charge in [-0.2, -0.15) is 0 Å². The Morgan fingerprint density at radius 2 is 2.00 bits per heavy atom. The van der Waals surface area contributed by atoms with Crippen molar-refractivity contribution < 1.29 is 9.59 Å². The van der Waals surface area contributed by atoms with E-state index in [9.17, 15) is 9.59 Å². The highest BCUT2D eigenvalue weighted by molar-refractivity contribution is 5.96. The van der Waals surface area contributed by atoms with Crippen molar-refractivity contribution >= 4 is 11.7 Å². The second-order valence-electron chi connectivity index (χ2n) is 5.23. The molecule has 1 fully saturated rings. The lowest BCUT2D eigenvalue weighted by molar-refractivity contribution is -0.128. The quantitative estimate of drug-likeness (QED) is 0.726. The summed E-state index contributed by atoms with van der Waals surface area (Å²) in [5, 5.41) is 2.98. The maximum Gasteiger partial charge on any atom is 0.227 e. The van der Waals surface area contributed by atoms with Crippen molar-refractivity contribution in [2.24, 2.45) is 5.41 Å².